The van der Waals surface area contributed by atoms with Gasteiger partial charge in [-0.1, -0.05) is 38.5 Å². The van der Waals surface area contributed by atoms with Crippen LogP contribution in [0.25, 0.3) is 10.2 Å². The molecule has 30 heavy (non-hydrogen) atoms. The van der Waals surface area contributed by atoms with Crippen LogP contribution in [0.15, 0.2) is 29.1 Å². The predicted octanol–water partition coefficient (Wildman–Crippen LogP) is 4.51. The number of thiophene rings is 1. The third-order valence-corrected chi connectivity index (χ3v) is 7.40. The van der Waals surface area contributed by atoms with Crippen molar-refractivity contribution in [1.29, 1.82) is 0 Å². The molecule has 0 aliphatic carbocycles. The molecule has 1 aliphatic rings. The maximum absolute atomic E-state index is 12.9. The van der Waals surface area contributed by atoms with Crippen LogP contribution in [0.2, 0.25) is 0 Å². The molecule has 3 heterocycles. The average molecular weight is 425 g/mol. The van der Waals surface area contributed by atoms with E-state index in [-0.39, 0.29) is 5.56 Å². The highest BCUT2D eigenvalue weighted by Crippen LogP contribution is 2.29. The Labute approximate surface area is 182 Å². The van der Waals surface area contributed by atoms with Crippen LogP contribution in [0.1, 0.15) is 42.1 Å². The summed E-state index contributed by atoms with van der Waals surface area (Å²) in [6.45, 7) is 13.4. The molecular formula is C24H32N4OS. The predicted molar refractivity (Wildman–Crippen MR) is 127 cm³/mol. The molecule has 0 spiro atoms. The second kappa shape index (κ2) is 8.90. The van der Waals surface area contributed by atoms with E-state index in [1.54, 1.807) is 11.3 Å². The van der Waals surface area contributed by atoms with Gasteiger partial charge in [0, 0.05) is 36.7 Å². The number of anilines is 1. The zero-order valence-electron chi connectivity index (χ0n) is 18.5. The summed E-state index contributed by atoms with van der Waals surface area (Å²) in [6, 6.07) is 8.57. The Morgan fingerprint density at radius 3 is 2.60 bits per heavy atom. The van der Waals surface area contributed by atoms with E-state index in [9.17, 15) is 4.79 Å². The molecule has 0 unspecified atom stereocenters. The third-order valence-electron chi connectivity index (χ3n) is 6.36. The standard InChI is InChI=1S/C24H32N4OS/c1-5-16(2)14-19-18(4)30-24-22(19)23(29)25-21(26-24)15-27-10-12-28(13-11-27)20-9-7-6-8-17(20)3/h6-9,16H,5,10-15H2,1-4H3,(H,25,26,29)/t16-/m1/s1. The second-order valence-electron chi connectivity index (χ2n) is 8.60. The van der Waals surface area contributed by atoms with E-state index < -0.39 is 0 Å². The topological polar surface area (TPSA) is 52.2 Å². The maximum Gasteiger partial charge on any atom is 0.259 e. The first-order chi connectivity index (χ1) is 14.5. The van der Waals surface area contributed by atoms with Crippen molar-refractivity contribution < 1.29 is 0 Å². The molecule has 1 fully saturated rings. The van der Waals surface area contributed by atoms with Crippen molar-refractivity contribution in [2.45, 2.75) is 47.1 Å². The van der Waals surface area contributed by atoms with Gasteiger partial charge in [0.2, 0.25) is 0 Å². The van der Waals surface area contributed by atoms with Crippen LogP contribution < -0.4 is 10.5 Å². The highest BCUT2D eigenvalue weighted by Gasteiger charge is 2.21. The number of hydrogen-bond donors (Lipinski definition) is 1. The summed E-state index contributed by atoms with van der Waals surface area (Å²) in [5, 5.41) is 0.811. The maximum atomic E-state index is 12.9. The summed E-state index contributed by atoms with van der Waals surface area (Å²) in [5.41, 5.74) is 3.87. The van der Waals surface area contributed by atoms with Crippen molar-refractivity contribution in [3.63, 3.8) is 0 Å². The van der Waals surface area contributed by atoms with Gasteiger partial charge in [-0.3, -0.25) is 9.69 Å². The van der Waals surface area contributed by atoms with Gasteiger partial charge >= 0.3 is 0 Å². The molecule has 0 amide bonds. The molecule has 1 aromatic carbocycles. The van der Waals surface area contributed by atoms with Crippen LogP contribution in [0.3, 0.4) is 0 Å². The average Bonchev–Trinajstić information content (AvgIpc) is 3.04. The number of fused-ring (bicyclic) bond motifs is 1. The van der Waals surface area contributed by atoms with Crippen molar-refractivity contribution in [2.75, 3.05) is 31.1 Å². The van der Waals surface area contributed by atoms with Crippen LogP contribution in [-0.4, -0.2) is 41.0 Å². The van der Waals surface area contributed by atoms with Crippen LogP contribution >= 0.6 is 11.3 Å². The van der Waals surface area contributed by atoms with Crippen LogP contribution in [0.5, 0.6) is 0 Å². The number of benzene rings is 1. The Hall–Kier alpha value is -2.18. The molecule has 1 atom stereocenters. The number of aryl methyl sites for hydroxylation is 2. The van der Waals surface area contributed by atoms with Crippen LogP contribution in [-0.2, 0) is 13.0 Å². The Morgan fingerprint density at radius 2 is 1.90 bits per heavy atom. The monoisotopic (exact) mass is 424 g/mol. The number of rotatable bonds is 6. The van der Waals surface area contributed by atoms with Gasteiger partial charge < -0.3 is 9.88 Å². The first-order valence-electron chi connectivity index (χ1n) is 11.0. The van der Waals surface area contributed by atoms with E-state index >= 15 is 0 Å². The van der Waals surface area contributed by atoms with Gasteiger partial charge in [0.25, 0.3) is 5.56 Å². The number of aromatic amines is 1. The molecule has 6 heteroatoms. The first-order valence-corrected chi connectivity index (χ1v) is 11.8. The highest BCUT2D eigenvalue weighted by molar-refractivity contribution is 7.18. The zero-order chi connectivity index (χ0) is 21.3. The number of piperazine rings is 1. The van der Waals surface area contributed by atoms with Crippen molar-refractivity contribution in [3.05, 3.63) is 56.4 Å². The van der Waals surface area contributed by atoms with E-state index in [0.717, 1.165) is 55.1 Å². The van der Waals surface area contributed by atoms with Gasteiger partial charge in [0.15, 0.2) is 0 Å². The summed E-state index contributed by atoms with van der Waals surface area (Å²) in [5.74, 6) is 1.36. The lowest BCUT2D eigenvalue weighted by atomic mass is 9.98. The van der Waals surface area contributed by atoms with Crippen molar-refractivity contribution in [1.82, 2.24) is 14.9 Å². The second-order valence-corrected chi connectivity index (χ2v) is 9.80. The van der Waals surface area contributed by atoms with Crippen molar-refractivity contribution in [2.24, 2.45) is 5.92 Å². The minimum Gasteiger partial charge on any atom is -0.369 e. The van der Waals surface area contributed by atoms with Gasteiger partial charge in [-0.25, -0.2) is 4.98 Å². The molecule has 4 rings (SSSR count). The molecule has 1 N–H and O–H groups in total. The lowest BCUT2D eigenvalue weighted by Gasteiger charge is -2.36. The van der Waals surface area contributed by atoms with Gasteiger partial charge in [0.1, 0.15) is 10.7 Å². The fourth-order valence-corrected chi connectivity index (χ4v) is 5.38. The summed E-state index contributed by atoms with van der Waals surface area (Å²) >= 11 is 1.66. The fraction of sp³-hybridized carbons (Fsp3) is 0.500. The molecule has 1 aliphatic heterocycles. The molecule has 0 saturated carbocycles. The SMILES string of the molecule is CC[C@@H](C)Cc1c(C)sc2nc(CN3CCN(c4ccccc4C)CC3)[nH]c(=O)c12. The number of nitrogens with zero attached hydrogens (tertiary/aromatic N) is 3. The Balaban J connectivity index is 1.47. The number of para-hydroxylation sites is 1. The quantitative estimate of drug-likeness (QED) is 0.632. The lowest BCUT2D eigenvalue weighted by molar-refractivity contribution is 0.244. The molecule has 160 valence electrons. The Bertz CT molecular complexity index is 1080. The molecule has 3 aromatic rings. The molecule has 5 nitrogen and oxygen atoms in total. The summed E-state index contributed by atoms with van der Waals surface area (Å²) in [6.07, 6.45) is 2.07. The highest BCUT2D eigenvalue weighted by atomic mass is 32.1. The number of nitrogens with one attached hydrogen (secondary N) is 1. The van der Waals surface area contributed by atoms with Crippen LogP contribution in [0.4, 0.5) is 5.69 Å². The van der Waals surface area contributed by atoms with Gasteiger partial charge in [-0.05, 0) is 43.4 Å². The van der Waals surface area contributed by atoms with Crippen molar-refractivity contribution in [3.8, 4) is 0 Å². The van der Waals surface area contributed by atoms with E-state index in [2.05, 4.69) is 66.7 Å². The molecule has 2 aromatic heterocycles. The van der Waals surface area contributed by atoms with E-state index in [1.807, 2.05) is 0 Å². The van der Waals surface area contributed by atoms with Crippen LogP contribution in [0, 0.1) is 19.8 Å². The Kier molecular flexibility index (Phi) is 6.25. The molecule has 0 bridgehead atoms. The minimum atomic E-state index is 0.0243. The Morgan fingerprint density at radius 1 is 1.17 bits per heavy atom. The number of H-pyrrole nitrogens is 1. The molecule has 0 radical (unpaired) electrons. The van der Waals surface area contributed by atoms with E-state index in [0.29, 0.717) is 12.5 Å². The van der Waals surface area contributed by atoms with Gasteiger partial charge in [0.05, 0.1) is 11.9 Å². The first kappa shape index (κ1) is 21.1. The van der Waals surface area contributed by atoms with Gasteiger partial charge in [-0.15, -0.1) is 11.3 Å². The number of hydrogen-bond acceptors (Lipinski definition) is 5. The fourth-order valence-electron chi connectivity index (χ4n) is 4.31. The minimum absolute atomic E-state index is 0.0243. The summed E-state index contributed by atoms with van der Waals surface area (Å²) in [7, 11) is 0. The molecular weight excluding hydrogens is 392 g/mol. The van der Waals surface area contributed by atoms with Gasteiger partial charge in [-0.2, -0.15) is 0 Å². The van der Waals surface area contributed by atoms with E-state index in [1.165, 1.54) is 21.7 Å². The third kappa shape index (κ3) is 4.30. The van der Waals surface area contributed by atoms with Crippen molar-refractivity contribution >= 4 is 27.2 Å². The normalized spacial score (nSPS) is 16.3. The largest absolute Gasteiger partial charge is 0.369 e. The summed E-state index contributed by atoms with van der Waals surface area (Å²) < 4.78 is 0. The van der Waals surface area contributed by atoms with E-state index in [4.69, 9.17) is 4.98 Å². The lowest BCUT2D eigenvalue weighted by Crippen LogP contribution is -2.46. The molecule has 1 saturated heterocycles. The smallest absolute Gasteiger partial charge is 0.259 e. The zero-order valence-corrected chi connectivity index (χ0v) is 19.3. The summed E-state index contributed by atoms with van der Waals surface area (Å²) in [4.78, 5) is 27.8. The number of aromatic nitrogens is 2.